The van der Waals surface area contributed by atoms with Crippen molar-refractivity contribution in [2.75, 3.05) is 41.0 Å². The zero-order valence-corrected chi connectivity index (χ0v) is 18.7. The number of aliphatic carboxylic acids is 2. The summed E-state index contributed by atoms with van der Waals surface area (Å²) in [5.74, 6) is -2.98. The summed E-state index contributed by atoms with van der Waals surface area (Å²) >= 11 is 0. The van der Waals surface area contributed by atoms with Crippen molar-refractivity contribution >= 4 is 47.4 Å². The van der Waals surface area contributed by atoms with Gasteiger partial charge < -0.3 is 36.4 Å². The Bertz CT molecular complexity index is 1180. The van der Waals surface area contributed by atoms with Gasteiger partial charge in [-0.05, 0) is 30.7 Å². The minimum absolute atomic E-state index is 0.0663. The van der Waals surface area contributed by atoms with Crippen LogP contribution in [-0.4, -0.2) is 76.7 Å². The van der Waals surface area contributed by atoms with Gasteiger partial charge in [-0.15, -0.1) is 0 Å². The van der Waals surface area contributed by atoms with Crippen molar-refractivity contribution in [2.45, 2.75) is 24.9 Å². The van der Waals surface area contributed by atoms with E-state index in [4.69, 9.17) is 10.8 Å². The predicted octanol–water partition coefficient (Wildman–Crippen LogP) is -0.707. The number of likely N-dealkylation sites (N-methyl/N-ethyl adjacent to an activating group) is 1. The standard InChI is InChI=1S/C21H25N7O7/c1-27(9-13-8-23-17-16(28(13)10-29)19(33)26-21(22)25-17)12-4-2-11(3-5-12)18(32)24-14(20(34)35)6-7-15(30)31/h2-5,10,13-14H,6-9H2,1H3,(H,24,32)(H,30,31)(H,34,35)(H4,22,23,25,26,33). The van der Waals surface area contributed by atoms with Crippen molar-refractivity contribution < 1.29 is 29.4 Å². The molecule has 14 nitrogen and oxygen atoms in total. The van der Waals surface area contributed by atoms with Crippen LogP contribution in [0.15, 0.2) is 29.1 Å². The van der Waals surface area contributed by atoms with E-state index in [1.165, 1.54) is 17.0 Å². The highest BCUT2D eigenvalue weighted by Gasteiger charge is 2.31. The highest BCUT2D eigenvalue weighted by Crippen LogP contribution is 2.26. The summed E-state index contributed by atoms with van der Waals surface area (Å²) in [5, 5.41) is 23.3. The van der Waals surface area contributed by atoms with Crippen molar-refractivity contribution in [3.05, 3.63) is 40.2 Å². The number of hydrogen-bond donors (Lipinski definition) is 6. The molecule has 0 fully saturated rings. The lowest BCUT2D eigenvalue weighted by molar-refractivity contribution is -0.140. The number of nitrogens with one attached hydrogen (secondary N) is 3. The zero-order chi connectivity index (χ0) is 25.7. The molecule has 1 aromatic carbocycles. The fourth-order valence-electron chi connectivity index (χ4n) is 3.69. The Kier molecular flexibility index (Phi) is 7.53. The lowest BCUT2D eigenvalue weighted by atomic mass is 10.1. The van der Waals surface area contributed by atoms with Crippen LogP contribution < -0.4 is 31.7 Å². The summed E-state index contributed by atoms with van der Waals surface area (Å²) in [5.41, 5.74) is 5.98. The van der Waals surface area contributed by atoms with Gasteiger partial charge in [-0.3, -0.25) is 24.2 Å². The van der Waals surface area contributed by atoms with Gasteiger partial charge in [0.15, 0.2) is 11.5 Å². The molecular formula is C21H25N7O7. The molecule has 2 unspecified atom stereocenters. The molecule has 35 heavy (non-hydrogen) atoms. The number of nitrogens with two attached hydrogens (primary N) is 1. The van der Waals surface area contributed by atoms with Crippen LogP contribution in [0.25, 0.3) is 0 Å². The first-order valence-electron chi connectivity index (χ1n) is 10.5. The van der Waals surface area contributed by atoms with Gasteiger partial charge in [-0.2, -0.15) is 4.98 Å². The fraction of sp³-hybridized carbons (Fsp3) is 0.333. The molecule has 2 atom stereocenters. The number of rotatable bonds is 10. The average molecular weight is 487 g/mol. The van der Waals surface area contributed by atoms with Crippen LogP contribution in [0.5, 0.6) is 0 Å². The van der Waals surface area contributed by atoms with Gasteiger partial charge in [0, 0.05) is 37.8 Å². The van der Waals surface area contributed by atoms with E-state index in [0.717, 1.165) is 0 Å². The number of aromatic amines is 1. The first-order valence-corrected chi connectivity index (χ1v) is 10.5. The summed E-state index contributed by atoms with van der Waals surface area (Å²) in [6.07, 6.45) is -0.0789. The molecule has 1 aromatic heterocycles. The van der Waals surface area contributed by atoms with E-state index >= 15 is 0 Å². The molecule has 7 N–H and O–H groups in total. The first kappa shape index (κ1) is 25.0. The number of amides is 2. The van der Waals surface area contributed by atoms with Crippen molar-refractivity contribution in [1.29, 1.82) is 0 Å². The Morgan fingerprint density at radius 2 is 2.00 bits per heavy atom. The quantitative estimate of drug-likeness (QED) is 0.230. The number of aromatic nitrogens is 2. The average Bonchev–Trinajstić information content (AvgIpc) is 2.81. The minimum Gasteiger partial charge on any atom is -0.481 e. The number of nitrogens with zero attached hydrogens (tertiary/aromatic N) is 3. The Morgan fingerprint density at radius 3 is 2.60 bits per heavy atom. The Balaban J connectivity index is 1.67. The topological polar surface area (TPSA) is 211 Å². The van der Waals surface area contributed by atoms with Gasteiger partial charge in [0.25, 0.3) is 11.5 Å². The van der Waals surface area contributed by atoms with Crippen molar-refractivity contribution in [1.82, 2.24) is 15.3 Å². The second-order valence-corrected chi connectivity index (χ2v) is 7.92. The number of fused-ring (bicyclic) bond motifs is 1. The molecule has 1 aliphatic heterocycles. The molecule has 0 saturated carbocycles. The minimum atomic E-state index is -1.33. The number of carbonyl (C=O) groups is 4. The third kappa shape index (κ3) is 5.85. The van der Waals surface area contributed by atoms with E-state index < -0.39 is 41.9 Å². The lowest BCUT2D eigenvalue weighted by Crippen LogP contribution is -2.51. The van der Waals surface area contributed by atoms with Crippen LogP contribution in [0.3, 0.4) is 0 Å². The number of anilines is 4. The number of carboxylic acids is 2. The third-order valence-corrected chi connectivity index (χ3v) is 5.49. The smallest absolute Gasteiger partial charge is 0.326 e. The van der Waals surface area contributed by atoms with Crippen molar-refractivity contribution in [2.24, 2.45) is 0 Å². The molecule has 0 aliphatic carbocycles. The normalized spacial score (nSPS) is 15.3. The predicted molar refractivity (Wildman–Crippen MR) is 126 cm³/mol. The molecule has 2 aromatic rings. The number of carbonyl (C=O) groups excluding carboxylic acids is 2. The van der Waals surface area contributed by atoms with E-state index in [-0.39, 0.29) is 29.4 Å². The maximum absolute atomic E-state index is 12.4. The van der Waals surface area contributed by atoms with Gasteiger partial charge in [-0.1, -0.05) is 0 Å². The number of nitrogen functional groups attached to an aromatic ring is 1. The van der Waals surface area contributed by atoms with Gasteiger partial charge in [0.05, 0.1) is 6.04 Å². The van der Waals surface area contributed by atoms with Crippen molar-refractivity contribution in [3.63, 3.8) is 0 Å². The van der Waals surface area contributed by atoms with Gasteiger partial charge >= 0.3 is 11.9 Å². The molecule has 1 aliphatic rings. The number of H-pyrrole nitrogens is 1. The van der Waals surface area contributed by atoms with Crippen molar-refractivity contribution in [3.8, 4) is 0 Å². The van der Waals surface area contributed by atoms with Crippen LogP contribution in [0.2, 0.25) is 0 Å². The second-order valence-electron chi connectivity index (χ2n) is 7.92. The molecule has 2 heterocycles. The molecule has 2 amide bonds. The highest BCUT2D eigenvalue weighted by molar-refractivity contribution is 5.97. The largest absolute Gasteiger partial charge is 0.481 e. The molecule has 0 bridgehead atoms. The molecule has 0 saturated heterocycles. The van der Waals surface area contributed by atoms with E-state index in [1.54, 1.807) is 19.2 Å². The molecule has 0 spiro atoms. The van der Waals surface area contributed by atoms with E-state index in [0.29, 0.717) is 25.2 Å². The fourth-order valence-corrected chi connectivity index (χ4v) is 3.69. The lowest BCUT2D eigenvalue weighted by Gasteiger charge is -2.36. The molecule has 0 radical (unpaired) electrons. The summed E-state index contributed by atoms with van der Waals surface area (Å²) in [7, 11) is 1.77. The summed E-state index contributed by atoms with van der Waals surface area (Å²) in [6.45, 7) is 0.649. The van der Waals surface area contributed by atoms with E-state index in [2.05, 4.69) is 20.6 Å². The first-order chi connectivity index (χ1) is 16.6. The number of hydrogen-bond acceptors (Lipinski definition) is 9. The Labute approximate surface area is 198 Å². The van der Waals surface area contributed by atoms with Crippen LogP contribution in [0.4, 0.5) is 23.1 Å². The summed E-state index contributed by atoms with van der Waals surface area (Å²) in [4.78, 5) is 68.0. The zero-order valence-electron chi connectivity index (χ0n) is 18.7. The maximum Gasteiger partial charge on any atom is 0.326 e. The maximum atomic E-state index is 12.4. The summed E-state index contributed by atoms with van der Waals surface area (Å²) in [6, 6.07) is 4.55. The Morgan fingerprint density at radius 1 is 1.31 bits per heavy atom. The van der Waals surface area contributed by atoms with Crippen LogP contribution in [0.1, 0.15) is 23.2 Å². The van der Waals surface area contributed by atoms with Gasteiger partial charge in [0.1, 0.15) is 6.04 Å². The second kappa shape index (κ2) is 10.5. The molecular weight excluding hydrogens is 462 g/mol. The van der Waals surface area contributed by atoms with E-state index in [9.17, 15) is 29.1 Å². The van der Waals surface area contributed by atoms with Gasteiger partial charge in [-0.25, -0.2) is 4.79 Å². The highest BCUT2D eigenvalue weighted by atomic mass is 16.4. The summed E-state index contributed by atoms with van der Waals surface area (Å²) < 4.78 is 0. The van der Waals surface area contributed by atoms with Gasteiger partial charge in [0.2, 0.25) is 12.4 Å². The SMILES string of the molecule is CN(CC1CNc2nc(N)[nH]c(=O)c2N1C=O)c1ccc(C(=O)NC(CCC(=O)O)C(=O)O)cc1. The van der Waals surface area contributed by atoms with E-state index in [1.807, 2.05) is 4.90 Å². The monoisotopic (exact) mass is 487 g/mol. The van der Waals surface area contributed by atoms with Crippen LogP contribution in [-0.2, 0) is 14.4 Å². The molecule has 3 rings (SSSR count). The Hall–Kier alpha value is -4.62. The molecule has 14 heteroatoms. The van der Waals surface area contributed by atoms with Crippen LogP contribution >= 0.6 is 0 Å². The number of benzene rings is 1. The molecule has 186 valence electrons. The van der Waals surface area contributed by atoms with Crippen LogP contribution in [0, 0.1) is 0 Å². The third-order valence-electron chi connectivity index (χ3n) is 5.49. The number of carboxylic acid groups (broad SMARTS) is 2.